The summed E-state index contributed by atoms with van der Waals surface area (Å²) in [4.78, 5) is 14.2. The molecular formula is C13H24N2O3S. The molecule has 5 nitrogen and oxygen atoms in total. The monoisotopic (exact) mass is 288 g/mol. The Morgan fingerprint density at radius 3 is 2.63 bits per heavy atom. The highest BCUT2D eigenvalue weighted by molar-refractivity contribution is 7.92. The van der Waals surface area contributed by atoms with Crippen LogP contribution in [0.15, 0.2) is 0 Å². The lowest BCUT2D eigenvalue weighted by Crippen LogP contribution is -2.49. The summed E-state index contributed by atoms with van der Waals surface area (Å²) in [5.74, 6) is 0.656. The van der Waals surface area contributed by atoms with E-state index < -0.39 is 9.84 Å². The van der Waals surface area contributed by atoms with Crippen molar-refractivity contribution < 1.29 is 13.2 Å². The second-order valence-corrected chi connectivity index (χ2v) is 8.20. The molecule has 0 spiro atoms. The molecule has 3 unspecified atom stereocenters. The van der Waals surface area contributed by atoms with Gasteiger partial charge in [-0.05, 0) is 38.6 Å². The number of nitrogens with one attached hydrogen (secondary N) is 1. The summed E-state index contributed by atoms with van der Waals surface area (Å²) in [7, 11) is -1.17. The molecule has 1 N–H and O–H groups in total. The molecule has 0 aliphatic carbocycles. The third-order valence-corrected chi connectivity index (χ3v) is 6.69. The van der Waals surface area contributed by atoms with Crippen LogP contribution in [0.1, 0.15) is 32.6 Å². The fourth-order valence-corrected chi connectivity index (χ4v) is 5.05. The van der Waals surface area contributed by atoms with Crippen molar-refractivity contribution in [3.63, 3.8) is 0 Å². The smallest absolute Gasteiger partial charge is 0.240 e. The Morgan fingerprint density at radius 1 is 1.32 bits per heavy atom. The summed E-state index contributed by atoms with van der Waals surface area (Å²) in [6.45, 7) is 3.15. The maximum Gasteiger partial charge on any atom is 0.240 e. The van der Waals surface area contributed by atoms with Gasteiger partial charge in [0.15, 0.2) is 9.84 Å². The number of likely N-dealkylation sites (N-methyl/N-ethyl adjacent to an activating group) is 1. The molecule has 0 aromatic rings. The highest BCUT2D eigenvalue weighted by Gasteiger charge is 2.37. The first kappa shape index (κ1) is 14.8. The zero-order valence-electron chi connectivity index (χ0n) is 11.8. The van der Waals surface area contributed by atoms with Crippen LogP contribution in [0.3, 0.4) is 0 Å². The predicted octanol–water partition coefficient (Wildman–Crippen LogP) is 0.410. The van der Waals surface area contributed by atoms with E-state index in [1.54, 1.807) is 11.9 Å². The average molecular weight is 288 g/mol. The number of likely N-dealkylation sites (tertiary alicyclic amines) is 1. The van der Waals surface area contributed by atoms with Gasteiger partial charge in [-0.1, -0.05) is 6.92 Å². The van der Waals surface area contributed by atoms with Gasteiger partial charge in [-0.2, -0.15) is 0 Å². The number of rotatable bonds is 3. The van der Waals surface area contributed by atoms with E-state index in [0.717, 1.165) is 19.3 Å². The van der Waals surface area contributed by atoms with Gasteiger partial charge < -0.3 is 10.2 Å². The molecule has 3 atom stereocenters. The van der Waals surface area contributed by atoms with Gasteiger partial charge in [-0.3, -0.25) is 4.79 Å². The van der Waals surface area contributed by atoms with Gasteiger partial charge in [0.05, 0.1) is 17.0 Å². The van der Waals surface area contributed by atoms with Gasteiger partial charge >= 0.3 is 0 Å². The van der Waals surface area contributed by atoms with E-state index in [2.05, 4.69) is 12.2 Å². The van der Waals surface area contributed by atoms with E-state index >= 15 is 0 Å². The van der Waals surface area contributed by atoms with Crippen molar-refractivity contribution in [2.75, 3.05) is 25.9 Å². The van der Waals surface area contributed by atoms with Gasteiger partial charge in [0, 0.05) is 13.1 Å². The van der Waals surface area contributed by atoms with Crippen LogP contribution in [-0.2, 0) is 14.6 Å². The molecule has 19 heavy (non-hydrogen) atoms. The maximum absolute atomic E-state index is 12.5. The van der Waals surface area contributed by atoms with E-state index in [1.807, 2.05) is 0 Å². The van der Waals surface area contributed by atoms with Crippen LogP contribution in [0.5, 0.6) is 0 Å². The Labute approximate surface area is 115 Å². The van der Waals surface area contributed by atoms with Crippen molar-refractivity contribution in [3.05, 3.63) is 0 Å². The van der Waals surface area contributed by atoms with E-state index in [1.165, 1.54) is 0 Å². The van der Waals surface area contributed by atoms with Crippen molar-refractivity contribution in [3.8, 4) is 0 Å². The zero-order valence-corrected chi connectivity index (χ0v) is 12.6. The summed E-state index contributed by atoms with van der Waals surface area (Å²) in [5, 5.41) is 2.73. The number of nitrogens with zero attached hydrogens (tertiary/aromatic N) is 1. The minimum atomic E-state index is -2.97. The highest BCUT2D eigenvalue weighted by atomic mass is 32.2. The lowest BCUT2D eigenvalue weighted by atomic mass is 9.98. The van der Waals surface area contributed by atoms with Crippen LogP contribution in [0.25, 0.3) is 0 Å². The number of carbonyl (C=O) groups is 1. The Balaban J connectivity index is 2.09. The minimum absolute atomic E-state index is 0.0644. The van der Waals surface area contributed by atoms with Crippen LogP contribution in [0.2, 0.25) is 0 Å². The van der Waals surface area contributed by atoms with Crippen LogP contribution in [0.4, 0.5) is 0 Å². The lowest BCUT2D eigenvalue weighted by molar-refractivity contribution is -0.133. The summed E-state index contributed by atoms with van der Waals surface area (Å²) >= 11 is 0. The summed E-state index contributed by atoms with van der Waals surface area (Å²) in [6, 6.07) is -0.174. The lowest BCUT2D eigenvalue weighted by Gasteiger charge is -2.27. The third kappa shape index (κ3) is 3.11. The molecule has 2 aliphatic rings. The number of carbonyl (C=O) groups excluding carboxylic acids is 1. The first-order valence-corrected chi connectivity index (χ1v) is 8.85. The fraction of sp³-hybridized carbons (Fsp3) is 0.923. The third-order valence-electron chi connectivity index (χ3n) is 4.43. The van der Waals surface area contributed by atoms with Crippen molar-refractivity contribution in [2.24, 2.45) is 5.92 Å². The van der Waals surface area contributed by atoms with Crippen molar-refractivity contribution in [1.29, 1.82) is 0 Å². The van der Waals surface area contributed by atoms with Gasteiger partial charge in [0.1, 0.15) is 0 Å². The SMILES string of the molecule is CNC1C(=O)N(CC2CCCS2(=O)=O)CCCC1C. The van der Waals surface area contributed by atoms with Crippen LogP contribution in [-0.4, -0.2) is 56.4 Å². The Bertz CT molecular complexity index is 435. The number of sulfone groups is 1. The quantitative estimate of drug-likeness (QED) is 0.817. The Morgan fingerprint density at radius 2 is 2.05 bits per heavy atom. The highest BCUT2D eigenvalue weighted by Crippen LogP contribution is 2.24. The molecule has 2 rings (SSSR count). The van der Waals surface area contributed by atoms with Gasteiger partial charge in [0.2, 0.25) is 5.91 Å². The molecule has 2 saturated heterocycles. The first-order chi connectivity index (χ1) is 8.95. The zero-order chi connectivity index (χ0) is 14.0. The summed E-state index contributed by atoms with van der Waals surface area (Å²) < 4.78 is 23.8. The van der Waals surface area contributed by atoms with Crippen LogP contribution in [0, 0.1) is 5.92 Å². The van der Waals surface area contributed by atoms with Crippen LogP contribution >= 0.6 is 0 Å². The molecule has 0 radical (unpaired) electrons. The van der Waals surface area contributed by atoms with E-state index in [4.69, 9.17) is 0 Å². The molecule has 2 aliphatic heterocycles. The predicted molar refractivity (Wildman–Crippen MR) is 74.6 cm³/mol. The van der Waals surface area contributed by atoms with E-state index in [9.17, 15) is 13.2 Å². The maximum atomic E-state index is 12.5. The second-order valence-electron chi connectivity index (χ2n) is 5.80. The topological polar surface area (TPSA) is 66.5 Å². The fourth-order valence-electron chi connectivity index (χ4n) is 3.22. The molecular weight excluding hydrogens is 264 g/mol. The normalized spacial score (nSPS) is 35.4. The summed E-state index contributed by atoms with van der Waals surface area (Å²) in [6.07, 6.45) is 3.40. The standard InChI is InChI=1S/C13H24N2O3S/c1-10-5-3-7-15(13(16)12(10)14-2)9-11-6-4-8-19(11,17)18/h10-12,14H,3-9H2,1-2H3. The largest absolute Gasteiger partial charge is 0.340 e. The molecule has 110 valence electrons. The molecule has 2 heterocycles. The molecule has 0 aromatic carbocycles. The van der Waals surface area contributed by atoms with Gasteiger partial charge in [-0.25, -0.2) is 8.42 Å². The summed E-state index contributed by atoms with van der Waals surface area (Å²) in [5.41, 5.74) is 0. The molecule has 0 saturated carbocycles. The van der Waals surface area contributed by atoms with E-state index in [0.29, 0.717) is 25.4 Å². The van der Waals surface area contributed by atoms with Crippen molar-refractivity contribution in [2.45, 2.75) is 43.9 Å². The molecule has 0 aromatic heterocycles. The molecule has 0 bridgehead atoms. The molecule has 2 fully saturated rings. The van der Waals surface area contributed by atoms with Gasteiger partial charge in [0.25, 0.3) is 0 Å². The minimum Gasteiger partial charge on any atom is -0.340 e. The average Bonchev–Trinajstić information content (AvgIpc) is 2.60. The number of hydrogen-bond donors (Lipinski definition) is 1. The number of amides is 1. The van der Waals surface area contributed by atoms with Crippen molar-refractivity contribution >= 4 is 15.7 Å². The van der Waals surface area contributed by atoms with E-state index in [-0.39, 0.29) is 23.0 Å². The molecule has 1 amide bonds. The number of hydrogen-bond acceptors (Lipinski definition) is 4. The van der Waals surface area contributed by atoms with Gasteiger partial charge in [-0.15, -0.1) is 0 Å². The Kier molecular flexibility index (Phi) is 4.50. The first-order valence-electron chi connectivity index (χ1n) is 7.13. The second kappa shape index (κ2) is 5.79. The Hall–Kier alpha value is -0.620. The molecule has 6 heteroatoms. The van der Waals surface area contributed by atoms with Crippen LogP contribution < -0.4 is 5.32 Å². The van der Waals surface area contributed by atoms with Crippen molar-refractivity contribution in [1.82, 2.24) is 10.2 Å².